The van der Waals surface area contributed by atoms with Crippen LogP contribution in [0.15, 0.2) is 12.7 Å². The first kappa shape index (κ1) is 13.9. The summed E-state index contributed by atoms with van der Waals surface area (Å²) in [5, 5.41) is 9.19. The quantitative estimate of drug-likeness (QED) is 0.798. The summed E-state index contributed by atoms with van der Waals surface area (Å²) >= 11 is 0. The van der Waals surface area contributed by atoms with Gasteiger partial charge in [-0.3, -0.25) is 4.90 Å². The second kappa shape index (κ2) is 5.63. The standard InChI is InChI=1S/C14H21NO4/c1-2-9-19-13(18)15-11(12(16)17)10-14(15)7-5-3-4-6-8-14/h2,11H,1,3-10H2,(H,16,17). The van der Waals surface area contributed by atoms with Gasteiger partial charge in [0.1, 0.15) is 12.6 Å². The molecule has 2 rings (SSSR count). The minimum absolute atomic E-state index is 0.123. The fraction of sp³-hybridized carbons (Fsp3) is 0.714. The smallest absolute Gasteiger partial charge is 0.411 e. The van der Waals surface area contributed by atoms with E-state index in [9.17, 15) is 14.7 Å². The zero-order chi connectivity index (χ0) is 13.9. The van der Waals surface area contributed by atoms with Crippen LogP contribution in [-0.4, -0.2) is 40.3 Å². The highest BCUT2D eigenvalue weighted by atomic mass is 16.6. The number of aliphatic carboxylic acids is 1. The summed E-state index contributed by atoms with van der Waals surface area (Å²) in [5.74, 6) is -0.939. The third-order valence-corrected chi connectivity index (χ3v) is 4.24. The van der Waals surface area contributed by atoms with E-state index in [0.717, 1.165) is 38.5 Å². The maximum absolute atomic E-state index is 12.1. The van der Waals surface area contributed by atoms with Gasteiger partial charge < -0.3 is 9.84 Å². The minimum Gasteiger partial charge on any atom is -0.480 e. The number of carbonyl (C=O) groups is 2. The Morgan fingerprint density at radius 2 is 1.95 bits per heavy atom. The lowest BCUT2D eigenvalue weighted by atomic mass is 9.73. The van der Waals surface area contributed by atoms with Crippen LogP contribution >= 0.6 is 0 Å². The van der Waals surface area contributed by atoms with Crippen molar-refractivity contribution >= 4 is 12.1 Å². The summed E-state index contributed by atoms with van der Waals surface area (Å²) in [6.07, 6.45) is 7.75. The van der Waals surface area contributed by atoms with Gasteiger partial charge >= 0.3 is 12.1 Å². The molecule has 1 atom stereocenters. The number of rotatable bonds is 3. The fourth-order valence-corrected chi connectivity index (χ4v) is 3.32. The Morgan fingerprint density at radius 3 is 2.47 bits per heavy atom. The van der Waals surface area contributed by atoms with Gasteiger partial charge in [-0.25, -0.2) is 9.59 Å². The number of likely N-dealkylation sites (tertiary alicyclic amines) is 1. The van der Waals surface area contributed by atoms with Crippen LogP contribution in [0, 0.1) is 0 Å². The van der Waals surface area contributed by atoms with E-state index in [1.165, 1.54) is 11.0 Å². The molecular formula is C14H21NO4. The number of carbonyl (C=O) groups excluding carboxylic acids is 1. The highest BCUT2D eigenvalue weighted by Crippen LogP contribution is 2.46. The summed E-state index contributed by atoms with van der Waals surface area (Å²) in [4.78, 5) is 24.8. The lowest BCUT2D eigenvalue weighted by molar-refractivity contribution is -0.159. The molecule has 0 aromatic heterocycles. The van der Waals surface area contributed by atoms with Crippen LogP contribution in [0.3, 0.4) is 0 Å². The van der Waals surface area contributed by atoms with E-state index in [1.54, 1.807) is 0 Å². The van der Waals surface area contributed by atoms with Crippen molar-refractivity contribution in [2.75, 3.05) is 6.61 Å². The van der Waals surface area contributed by atoms with E-state index in [2.05, 4.69) is 6.58 Å². The van der Waals surface area contributed by atoms with Crippen LogP contribution in [-0.2, 0) is 9.53 Å². The second-order valence-electron chi connectivity index (χ2n) is 5.43. The summed E-state index contributed by atoms with van der Waals surface area (Å²) < 4.78 is 5.05. The van der Waals surface area contributed by atoms with Crippen LogP contribution in [0.2, 0.25) is 0 Å². The van der Waals surface area contributed by atoms with Crippen molar-refractivity contribution in [2.45, 2.75) is 56.5 Å². The SMILES string of the molecule is C=CCOC(=O)N1C(C(=O)O)CC12CCCCCC2. The van der Waals surface area contributed by atoms with Crippen LogP contribution in [0.25, 0.3) is 0 Å². The average molecular weight is 267 g/mol. The molecule has 1 unspecified atom stereocenters. The Balaban J connectivity index is 2.12. The molecule has 0 aromatic rings. The number of nitrogens with zero attached hydrogens (tertiary/aromatic N) is 1. The Kier molecular flexibility index (Phi) is 4.12. The molecule has 1 saturated carbocycles. The molecule has 1 aliphatic carbocycles. The third-order valence-electron chi connectivity index (χ3n) is 4.24. The first-order valence-corrected chi connectivity index (χ1v) is 6.90. The third kappa shape index (κ3) is 2.60. The number of carboxylic acid groups (broad SMARTS) is 1. The van der Waals surface area contributed by atoms with Crippen LogP contribution in [0.5, 0.6) is 0 Å². The molecule has 106 valence electrons. The van der Waals surface area contributed by atoms with E-state index in [1.807, 2.05) is 0 Å². The summed E-state index contributed by atoms with van der Waals surface area (Å²) in [5.41, 5.74) is -0.280. The summed E-state index contributed by atoms with van der Waals surface area (Å²) in [6.45, 7) is 3.62. The van der Waals surface area contributed by atoms with Crippen molar-refractivity contribution in [3.05, 3.63) is 12.7 Å². The molecule has 5 nitrogen and oxygen atoms in total. The zero-order valence-electron chi connectivity index (χ0n) is 11.1. The minimum atomic E-state index is -0.939. The van der Waals surface area contributed by atoms with E-state index in [-0.39, 0.29) is 12.1 Å². The van der Waals surface area contributed by atoms with Gasteiger partial charge in [0.15, 0.2) is 0 Å². The number of hydrogen-bond acceptors (Lipinski definition) is 3. The molecule has 0 radical (unpaired) electrons. The first-order valence-electron chi connectivity index (χ1n) is 6.90. The van der Waals surface area contributed by atoms with Gasteiger partial charge in [-0.05, 0) is 12.8 Å². The Bertz CT molecular complexity index is 372. The molecule has 5 heteroatoms. The van der Waals surface area contributed by atoms with E-state index in [0.29, 0.717) is 6.42 Å². The Hall–Kier alpha value is -1.52. The van der Waals surface area contributed by atoms with Gasteiger partial charge in [0.05, 0.1) is 0 Å². The van der Waals surface area contributed by atoms with Crippen molar-refractivity contribution in [3.8, 4) is 0 Å². The summed E-state index contributed by atoms with van der Waals surface area (Å²) in [7, 11) is 0. The highest BCUT2D eigenvalue weighted by molar-refractivity contribution is 5.83. The normalized spacial score (nSPS) is 25.3. The molecule has 1 heterocycles. The van der Waals surface area contributed by atoms with Crippen molar-refractivity contribution in [2.24, 2.45) is 0 Å². The second-order valence-corrected chi connectivity index (χ2v) is 5.43. The van der Waals surface area contributed by atoms with Crippen LogP contribution in [0.1, 0.15) is 44.9 Å². The van der Waals surface area contributed by atoms with Gasteiger partial charge in [-0.15, -0.1) is 0 Å². The molecular weight excluding hydrogens is 246 g/mol. The van der Waals surface area contributed by atoms with Crippen molar-refractivity contribution in [1.29, 1.82) is 0 Å². The Labute approximate surface area is 113 Å². The molecule has 1 aliphatic heterocycles. The molecule has 0 bridgehead atoms. The molecule has 2 aliphatic rings. The van der Waals surface area contributed by atoms with Gasteiger partial charge in [0, 0.05) is 12.0 Å². The van der Waals surface area contributed by atoms with Crippen LogP contribution in [0.4, 0.5) is 4.79 Å². The molecule has 0 aromatic carbocycles. The number of carboxylic acids is 1. The average Bonchev–Trinajstić information content (AvgIpc) is 2.60. The Morgan fingerprint density at radius 1 is 1.32 bits per heavy atom. The lowest BCUT2D eigenvalue weighted by Crippen LogP contribution is -2.70. The van der Waals surface area contributed by atoms with Gasteiger partial charge in [0.25, 0.3) is 0 Å². The predicted molar refractivity (Wildman–Crippen MR) is 69.9 cm³/mol. The zero-order valence-corrected chi connectivity index (χ0v) is 11.1. The molecule has 1 saturated heterocycles. The van der Waals surface area contributed by atoms with Crippen molar-refractivity contribution in [3.63, 3.8) is 0 Å². The van der Waals surface area contributed by atoms with Gasteiger partial charge in [0.2, 0.25) is 0 Å². The molecule has 1 spiro atoms. The molecule has 1 amide bonds. The predicted octanol–water partition coefficient (Wildman–Crippen LogP) is 2.56. The number of ether oxygens (including phenoxy) is 1. The van der Waals surface area contributed by atoms with Gasteiger partial charge in [-0.1, -0.05) is 38.3 Å². The molecule has 19 heavy (non-hydrogen) atoms. The molecule has 2 fully saturated rings. The summed E-state index contributed by atoms with van der Waals surface area (Å²) in [6, 6.07) is -0.726. The van der Waals surface area contributed by atoms with Gasteiger partial charge in [-0.2, -0.15) is 0 Å². The fourth-order valence-electron chi connectivity index (χ4n) is 3.32. The highest BCUT2D eigenvalue weighted by Gasteiger charge is 2.57. The topological polar surface area (TPSA) is 66.8 Å². The van der Waals surface area contributed by atoms with Crippen LogP contribution < -0.4 is 0 Å². The van der Waals surface area contributed by atoms with Crippen molar-refractivity contribution < 1.29 is 19.4 Å². The van der Waals surface area contributed by atoms with Crippen molar-refractivity contribution in [1.82, 2.24) is 4.90 Å². The van der Waals surface area contributed by atoms with E-state index in [4.69, 9.17) is 4.74 Å². The maximum Gasteiger partial charge on any atom is 0.411 e. The molecule has 1 N–H and O–H groups in total. The monoisotopic (exact) mass is 267 g/mol. The number of amides is 1. The largest absolute Gasteiger partial charge is 0.480 e. The lowest BCUT2D eigenvalue weighted by Gasteiger charge is -2.55. The van der Waals surface area contributed by atoms with E-state index >= 15 is 0 Å². The first-order chi connectivity index (χ1) is 9.10. The van der Waals surface area contributed by atoms with E-state index < -0.39 is 18.1 Å². The number of hydrogen-bond donors (Lipinski definition) is 1. The maximum atomic E-state index is 12.1.